The average molecular weight is 356 g/mol. The Morgan fingerprint density at radius 3 is 2.81 bits per heavy atom. The molecule has 0 radical (unpaired) electrons. The average Bonchev–Trinajstić information content (AvgIpc) is 3.38. The summed E-state index contributed by atoms with van der Waals surface area (Å²) in [5.74, 6) is 0. The summed E-state index contributed by atoms with van der Waals surface area (Å²) in [6, 6.07) is 11.5. The van der Waals surface area contributed by atoms with E-state index >= 15 is 0 Å². The molecule has 27 heavy (non-hydrogen) atoms. The number of hydrogen-bond acceptors (Lipinski definition) is 3. The van der Waals surface area contributed by atoms with Crippen LogP contribution in [0.1, 0.15) is 18.4 Å². The largest absolute Gasteiger partial charge is 0.368 e. The van der Waals surface area contributed by atoms with Crippen LogP contribution in [0.25, 0.3) is 32.6 Å². The van der Waals surface area contributed by atoms with Crippen molar-refractivity contribution in [2.24, 2.45) is 7.05 Å². The summed E-state index contributed by atoms with van der Waals surface area (Å²) in [4.78, 5) is 6.91. The third-order valence-electron chi connectivity index (χ3n) is 6.73. The van der Waals surface area contributed by atoms with Crippen LogP contribution in [-0.4, -0.2) is 34.7 Å². The Kier molecular flexibility index (Phi) is 3.00. The first-order valence-electron chi connectivity index (χ1n) is 9.91. The van der Waals surface area contributed by atoms with E-state index in [1.807, 2.05) is 12.4 Å². The Morgan fingerprint density at radius 2 is 1.96 bits per heavy atom. The molecule has 2 aromatic carbocycles. The summed E-state index contributed by atoms with van der Waals surface area (Å²) in [5.41, 5.74) is 5.72. The van der Waals surface area contributed by atoms with Gasteiger partial charge in [-0.3, -0.25) is 4.98 Å². The van der Waals surface area contributed by atoms with E-state index in [1.165, 1.54) is 56.7 Å². The van der Waals surface area contributed by atoms with Crippen molar-refractivity contribution in [3.8, 4) is 0 Å². The fourth-order valence-corrected chi connectivity index (χ4v) is 5.07. The van der Waals surface area contributed by atoms with Crippen LogP contribution >= 0.6 is 0 Å². The highest BCUT2D eigenvalue weighted by molar-refractivity contribution is 6.15. The maximum atomic E-state index is 4.34. The number of nitrogens with zero attached hydrogens (tertiary/aromatic N) is 3. The lowest BCUT2D eigenvalue weighted by molar-refractivity contribution is 0.442. The molecule has 4 aromatic rings. The van der Waals surface area contributed by atoms with Gasteiger partial charge in [0.2, 0.25) is 0 Å². The van der Waals surface area contributed by atoms with E-state index in [4.69, 9.17) is 0 Å². The van der Waals surface area contributed by atoms with Gasteiger partial charge in [0.1, 0.15) is 0 Å². The molecule has 2 aliphatic rings. The number of pyridine rings is 1. The Bertz CT molecular complexity index is 1220. The lowest BCUT2D eigenvalue weighted by atomic mass is 10.0. The maximum Gasteiger partial charge on any atom is 0.0524 e. The highest BCUT2D eigenvalue weighted by Gasteiger charge is 2.45. The van der Waals surface area contributed by atoms with E-state index in [0.29, 0.717) is 5.54 Å². The van der Waals surface area contributed by atoms with E-state index in [2.05, 4.69) is 64.1 Å². The van der Waals surface area contributed by atoms with Crippen molar-refractivity contribution in [2.75, 3.05) is 24.5 Å². The molecule has 3 heterocycles. The van der Waals surface area contributed by atoms with Crippen LogP contribution in [0.5, 0.6) is 0 Å². The van der Waals surface area contributed by atoms with Crippen molar-refractivity contribution in [3.63, 3.8) is 0 Å². The molecule has 4 heteroatoms. The molecule has 136 valence electrons. The molecule has 0 amide bonds. The number of fused-ring (bicyclic) bond motifs is 4. The molecule has 2 fully saturated rings. The first-order valence-corrected chi connectivity index (χ1v) is 9.91. The van der Waals surface area contributed by atoms with Gasteiger partial charge in [0.25, 0.3) is 0 Å². The molecule has 1 aliphatic carbocycles. The van der Waals surface area contributed by atoms with Gasteiger partial charge in [-0.2, -0.15) is 0 Å². The van der Waals surface area contributed by atoms with Crippen molar-refractivity contribution in [3.05, 3.63) is 48.3 Å². The van der Waals surface area contributed by atoms with Crippen LogP contribution in [0.4, 0.5) is 5.69 Å². The molecular weight excluding hydrogens is 332 g/mol. The second kappa shape index (κ2) is 5.23. The van der Waals surface area contributed by atoms with Crippen LogP contribution in [0.3, 0.4) is 0 Å². The molecule has 1 spiro atoms. The summed E-state index contributed by atoms with van der Waals surface area (Å²) in [6.07, 6.45) is 6.51. The highest BCUT2D eigenvalue weighted by atomic mass is 15.2. The zero-order chi connectivity index (χ0) is 18.2. The van der Waals surface area contributed by atoms with Crippen LogP contribution in [0.15, 0.2) is 42.7 Å². The smallest absolute Gasteiger partial charge is 0.0524 e. The molecule has 1 aliphatic heterocycles. The van der Waals surface area contributed by atoms with Gasteiger partial charge >= 0.3 is 0 Å². The first-order chi connectivity index (χ1) is 13.2. The summed E-state index contributed by atoms with van der Waals surface area (Å²) >= 11 is 0. The van der Waals surface area contributed by atoms with E-state index in [9.17, 15) is 0 Å². The first kappa shape index (κ1) is 15.5. The Labute approximate surface area is 158 Å². The molecule has 2 aromatic heterocycles. The number of aryl methyl sites for hydroxylation is 2. The standard InChI is InChI=1S/C23H24N4/c1-15-18-5-8-24-13-16(18)11-20-19-12-17(3-4-21(19)26(2)22(15)20)27-10-9-25-23(14-27)6-7-23/h3-5,8,11-13,25H,6-7,9-10,14H2,1-2H3. The molecule has 1 saturated carbocycles. The van der Waals surface area contributed by atoms with Crippen molar-refractivity contribution < 1.29 is 0 Å². The fraction of sp³-hybridized carbons (Fsp3) is 0.348. The van der Waals surface area contributed by atoms with Crippen LogP contribution in [0.2, 0.25) is 0 Å². The van der Waals surface area contributed by atoms with Gasteiger partial charge in [0, 0.05) is 72.0 Å². The minimum Gasteiger partial charge on any atom is -0.368 e. The normalized spacial score (nSPS) is 18.8. The second-order valence-electron chi connectivity index (χ2n) is 8.38. The lowest BCUT2D eigenvalue weighted by Gasteiger charge is -2.35. The topological polar surface area (TPSA) is 33.1 Å². The predicted octanol–water partition coefficient (Wildman–Crippen LogP) is 4.13. The van der Waals surface area contributed by atoms with Gasteiger partial charge < -0.3 is 14.8 Å². The summed E-state index contributed by atoms with van der Waals surface area (Å²) < 4.78 is 2.35. The molecular formula is C23H24N4. The minimum absolute atomic E-state index is 0.393. The maximum absolute atomic E-state index is 4.34. The van der Waals surface area contributed by atoms with Gasteiger partial charge in [-0.25, -0.2) is 0 Å². The Morgan fingerprint density at radius 1 is 1.07 bits per heavy atom. The molecule has 0 unspecified atom stereocenters. The third-order valence-corrected chi connectivity index (χ3v) is 6.73. The molecule has 4 nitrogen and oxygen atoms in total. The molecule has 1 N–H and O–H groups in total. The second-order valence-corrected chi connectivity index (χ2v) is 8.38. The molecule has 1 saturated heterocycles. The zero-order valence-electron chi connectivity index (χ0n) is 15.9. The van der Waals surface area contributed by atoms with Crippen molar-refractivity contribution in [2.45, 2.75) is 25.3 Å². The van der Waals surface area contributed by atoms with Crippen molar-refractivity contribution in [1.29, 1.82) is 0 Å². The van der Waals surface area contributed by atoms with Crippen LogP contribution < -0.4 is 10.2 Å². The molecule has 0 atom stereocenters. The highest BCUT2D eigenvalue weighted by Crippen LogP contribution is 2.40. The zero-order valence-corrected chi connectivity index (χ0v) is 15.9. The van der Waals surface area contributed by atoms with Gasteiger partial charge in [0.15, 0.2) is 0 Å². The predicted molar refractivity (Wildman–Crippen MR) is 113 cm³/mol. The van der Waals surface area contributed by atoms with Crippen LogP contribution in [0, 0.1) is 6.92 Å². The summed E-state index contributed by atoms with van der Waals surface area (Å²) in [7, 11) is 2.19. The Hall–Kier alpha value is -2.59. The van der Waals surface area contributed by atoms with Gasteiger partial charge in [0.05, 0.1) is 5.52 Å². The minimum atomic E-state index is 0.393. The summed E-state index contributed by atoms with van der Waals surface area (Å²) in [6.45, 7) is 5.54. The van der Waals surface area contributed by atoms with Gasteiger partial charge in [-0.1, -0.05) is 0 Å². The quantitative estimate of drug-likeness (QED) is 0.557. The third kappa shape index (κ3) is 2.16. The molecule has 6 rings (SSSR count). The van der Waals surface area contributed by atoms with E-state index in [1.54, 1.807) is 0 Å². The van der Waals surface area contributed by atoms with E-state index in [0.717, 1.165) is 19.6 Å². The number of nitrogens with one attached hydrogen (secondary N) is 1. The monoisotopic (exact) mass is 356 g/mol. The Balaban J connectivity index is 1.59. The van der Waals surface area contributed by atoms with E-state index in [-0.39, 0.29) is 0 Å². The SMILES string of the molecule is Cc1c2ccncc2cc2c3cc(N4CCNC5(CC5)C4)ccc3n(C)c12. The number of rotatable bonds is 1. The number of aromatic nitrogens is 2. The number of hydrogen-bond donors (Lipinski definition) is 1. The number of anilines is 1. The van der Waals surface area contributed by atoms with E-state index < -0.39 is 0 Å². The number of piperazine rings is 1. The summed E-state index contributed by atoms with van der Waals surface area (Å²) in [5, 5.41) is 8.92. The van der Waals surface area contributed by atoms with Gasteiger partial charge in [-0.15, -0.1) is 0 Å². The molecule has 0 bridgehead atoms. The fourth-order valence-electron chi connectivity index (χ4n) is 5.07. The van der Waals surface area contributed by atoms with Crippen molar-refractivity contribution in [1.82, 2.24) is 14.9 Å². The van der Waals surface area contributed by atoms with Crippen molar-refractivity contribution >= 4 is 38.3 Å². The van der Waals surface area contributed by atoms with Crippen LogP contribution in [-0.2, 0) is 7.05 Å². The number of benzene rings is 2. The lowest BCUT2D eigenvalue weighted by Crippen LogP contribution is -2.52. The van der Waals surface area contributed by atoms with Gasteiger partial charge in [-0.05, 0) is 61.0 Å².